The summed E-state index contributed by atoms with van der Waals surface area (Å²) in [6.45, 7) is 0.588. The first-order valence-electron chi connectivity index (χ1n) is 6.33. The summed E-state index contributed by atoms with van der Waals surface area (Å²) in [5.41, 5.74) is 3.45. The maximum absolute atomic E-state index is 9.02. The molecule has 0 spiro atoms. The Hall–Kier alpha value is -2.65. The fraction of sp³-hybridized carbons (Fsp3) is 0.133. The summed E-state index contributed by atoms with van der Waals surface area (Å²) in [5, 5.41) is 9.02. The molecule has 3 rings (SSSR count). The molecule has 0 saturated heterocycles. The topological polar surface area (TPSA) is 66.6 Å². The van der Waals surface area contributed by atoms with Crippen LogP contribution >= 0.6 is 12.2 Å². The van der Waals surface area contributed by atoms with Crippen LogP contribution in [0.2, 0.25) is 0 Å². The highest BCUT2D eigenvalue weighted by Crippen LogP contribution is 2.18. The fourth-order valence-corrected chi connectivity index (χ4v) is 2.46. The van der Waals surface area contributed by atoms with Crippen LogP contribution in [0.5, 0.6) is 5.88 Å². The van der Waals surface area contributed by atoms with Gasteiger partial charge in [-0.2, -0.15) is 5.26 Å². The van der Waals surface area contributed by atoms with Gasteiger partial charge in [-0.1, -0.05) is 6.07 Å². The van der Waals surface area contributed by atoms with Crippen LogP contribution in [0.4, 0.5) is 0 Å². The van der Waals surface area contributed by atoms with E-state index in [-0.39, 0.29) is 0 Å². The third-order valence-corrected chi connectivity index (χ3v) is 3.57. The molecule has 6 heteroatoms. The first-order valence-corrected chi connectivity index (χ1v) is 6.73. The number of aromatic amines is 1. The van der Waals surface area contributed by atoms with Gasteiger partial charge >= 0.3 is 0 Å². The predicted octanol–water partition coefficient (Wildman–Crippen LogP) is 3.02. The van der Waals surface area contributed by atoms with Crippen LogP contribution in [0.15, 0.2) is 36.5 Å². The molecule has 104 valence electrons. The second-order valence-electron chi connectivity index (χ2n) is 4.57. The van der Waals surface area contributed by atoms with Crippen molar-refractivity contribution < 1.29 is 4.74 Å². The zero-order valence-corrected chi connectivity index (χ0v) is 12.1. The standard InChI is InChI=1S/C15H12N4OS/c1-20-14-5-3-11(8-17-14)9-19-13-6-10(7-16)2-4-12(13)18-15(19)21/h2-6,8H,9H2,1H3,(H,18,21). The molecule has 0 aliphatic carbocycles. The molecule has 2 heterocycles. The molecular formula is C15H12N4OS. The van der Waals surface area contributed by atoms with Crippen LogP contribution in [0.1, 0.15) is 11.1 Å². The number of aromatic nitrogens is 3. The predicted molar refractivity (Wildman–Crippen MR) is 81.7 cm³/mol. The number of nitriles is 1. The zero-order chi connectivity index (χ0) is 14.8. The highest BCUT2D eigenvalue weighted by Gasteiger charge is 2.06. The molecule has 2 aromatic heterocycles. The van der Waals surface area contributed by atoms with E-state index in [0.717, 1.165) is 16.6 Å². The van der Waals surface area contributed by atoms with Gasteiger partial charge in [-0.3, -0.25) is 0 Å². The van der Waals surface area contributed by atoms with E-state index >= 15 is 0 Å². The number of rotatable bonds is 3. The molecule has 21 heavy (non-hydrogen) atoms. The van der Waals surface area contributed by atoms with Crippen LogP contribution in [-0.4, -0.2) is 21.6 Å². The molecule has 1 N–H and O–H groups in total. The van der Waals surface area contributed by atoms with Crippen molar-refractivity contribution in [3.05, 3.63) is 52.4 Å². The number of imidazole rings is 1. The molecule has 0 atom stereocenters. The second-order valence-corrected chi connectivity index (χ2v) is 4.96. The van der Waals surface area contributed by atoms with Gasteiger partial charge in [0.25, 0.3) is 0 Å². The number of ether oxygens (including phenoxy) is 1. The molecule has 0 radical (unpaired) electrons. The third kappa shape index (κ3) is 2.51. The van der Waals surface area contributed by atoms with Gasteiger partial charge in [0.1, 0.15) is 0 Å². The van der Waals surface area contributed by atoms with E-state index in [4.69, 9.17) is 22.2 Å². The number of nitrogens with one attached hydrogen (secondary N) is 1. The van der Waals surface area contributed by atoms with E-state index in [1.165, 1.54) is 0 Å². The molecule has 0 fully saturated rings. The summed E-state index contributed by atoms with van der Waals surface area (Å²) in [7, 11) is 1.58. The van der Waals surface area contributed by atoms with Crippen molar-refractivity contribution in [2.75, 3.05) is 7.11 Å². The fourth-order valence-electron chi connectivity index (χ4n) is 2.19. The first-order chi connectivity index (χ1) is 10.2. The summed E-state index contributed by atoms with van der Waals surface area (Å²) in [6.07, 6.45) is 1.76. The van der Waals surface area contributed by atoms with Crippen LogP contribution in [-0.2, 0) is 6.54 Å². The second kappa shape index (κ2) is 5.38. The number of benzene rings is 1. The minimum atomic E-state index is 0.577. The zero-order valence-electron chi connectivity index (χ0n) is 11.3. The SMILES string of the molecule is COc1ccc(Cn2c(=S)[nH]c3ccc(C#N)cc32)cn1. The Morgan fingerprint density at radius 2 is 2.24 bits per heavy atom. The average Bonchev–Trinajstić information content (AvgIpc) is 2.83. The van der Waals surface area contributed by atoms with E-state index in [1.54, 1.807) is 19.4 Å². The number of methoxy groups -OCH3 is 1. The summed E-state index contributed by atoms with van der Waals surface area (Å²) in [4.78, 5) is 7.33. The molecule has 0 unspecified atom stereocenters. The highest BCUT2D eigenvalue weighted by molar-refractivity contribution is 7.71. The van der Waals surface area contributed by atoms with E-state index < -0.39 is 0 Å². The molecule has 3 aromatic rings. The Labute approximate surface area is 126 Å². The van der Waals surface area contributed by atoms with Gasteiger partial charge < -0.3 is 14.3 Å². The number of pyridine rings is 1. The number of hydrogen-bond acceptors (Lipinski definition) is 4. The maximum atomic E-state index is 9.02. The smallest absolute Gasteiger partial charge is 0.212 e. The van der Waals surface area contributed by atoms with Gasteiger partial charge in [-0.05, 0) is 36.0 Å². The number of nitrogens with zero attached hydrogens (tertiary/aromatic N) is 3. The highest BCUT2D eigenvalue weighted by atomic mass is 32.1. The van der Waals surface area contributed by atoms with Crippen LogP contribution < -0.4 is 4.74 Å². The van der Waals surface area contributed by atoms with Gasteiger partial charge in [0.2, 0.25) is 5.88 Å². The van der Waals surface area contributed by atoms with Gasteiger partial charge in [-0.15, -0.1) is 0 Å². The van der Waals surface area contributed by atoms with Gasteiger partial charge in [0, 0.05) is 12.3 Å². The van der Waals surface area contributed by atoms with Crippen molar-refractivity contribution in [2.45, 2.75) is 6.54 Å². The Bertz CT molecular complexity index is 887. The average molecular weight is 296 g/mol. The molecule has 0 bridgehead atoms. The Balaban J connectivity index is 2.04. The number of H-pyrrole nitrogens is 1. The Morgan fingerprint density at radius 3 is 2.90 bits per heavy atom. The molecule has 0 aliphatic rings. The molecule has 5 nitrogen and oxygen atoms in total. The minimum absolute atomic E-state index is 0.577. The van der Waals surface area contributed by atoms with Crippen LogP contribution in [0.25, 0.3) is 11.0 Å². The molecule has 0 amide bonds. The first kappa shape index (κ1) is 13.3. The lowest BCUT2D eigenvalue weighted by molar-refractivity contribution is 0.397. The van der Waals surface area contributed by atoms with E-state index in [2.05, 4.69) is 16.0 Å². The van der Waals surface area contributed by atoms with Crippen molar-refractivity contribution in [3.8, 4) is 11.9 Å². The number of fused-ring (bicyclic) bond motifs is 1. The lowest BCUT2D eigenvalue weighted by Crippen LogP contribution is -2.00. The Kier molecular flexibility index (Phi) is 3.42. The summed E-state index contributed by atoms with van der Waals surface area (Å²) in [5.74, 6) is 0.577. The van der Waals surface area contributed by atoms with Gasteiger partial charge in [0.05, 0.1) is 36.3 Å². The van der Waals surface area contributed by atoms with Crippen molar-refractivity contribution in [2.24, 2.45) is 0 Å². The van der Waals surface area contributed by atoms with Gasteiger partial charge in [-0.25, -0.2) is 4.98 Å². The molecule has 1 aromatic carbocycles. The number of hydrogen-bond donors (Lipinski definition) is 1. The van der Waals surface area contributed by atoms with E-state index in [0.29, 0.717) is 22.8 Å². The quantitative estimate of drug-likeness (QED) is 0.754. The summed E-state index contributed by atoms with van der Waals surface area (Å²) >= 11 is 5.36. The van der Waals surface area contributed by atoms with Crippen molar-refractivity contribution in [3.63, 3.8) is 0 Å². The normalized spacial score (nSPS) is 10.5. The van der Waals surface area contributed by atoms with Gasteiger partial charge in [0.15, 0.2) is 4.77 Å². The van der Waals surface area contributed by atoms with Crippen molar-refractivity contribution >= 4 is 23.3 Å². The largest absolute Gasteiger partial charge is 0.481 e. The Morgan fingerprint density at radius 1 is 1.38 bits per heavy atom. The van der Waals surface area contributed by atoms with E-state index in [9.17, 15) is 0 Å². The lowest BCUT2D eigenvalue weighted by atomic mass is 10.2. The lowest BCUT2D eigenvalue weighted by Gasteiger charge is -2.05. The van der Waals surface area contributed by atoms with Crippen LogP contribution in [0, 0.1) is 16.1 Å². The van der Waals surface area contributed by atoms with Crippen molar-refractivity contribution in [1.29, 1.82) is 5.26 Å². The van der Waals surface area contributed by atoms with E-state index in [1.807, 2.05) is 28.8 Å². The maximum Gasteiger partial charge on any atom is 0.212 e. The molecule has 0 saturated carbocycles. The summed E-state index contributed by atoms with van der Waals surface area (Å²) in [6, 6.07) is 11.4. The minimum Gasteiger partial charge on any atom is -0.481 e. The van der Waals surface area contributed by atoms with Crippen LogP contribution in [0.3, 0.4) is 0 Å². The van der Waals surface area contributed by atoms with Crippen molar-refractivity contribution in [1.82, 2.24) is 14.5 Å². The third-order valence-electron chi connectivity index (χ3n) is 3.25. The monoisotopic (exact) mass is 296 g/mol. The summed E-state index contributed by atoms with van der Waals surface area (Å²) < 4.78 is 7.62. The molecule has 0 aliphatic heterocycles. The molecular weight excluding hydrogens is 284 g/mol.